The number of benzene rings is 2. The molecule has 1 atom stereocenters. The third kappa shape index (κ3) is 2.98. The first-order chi connectivity index (χ1) is 10.5. The van der Waals surface area contributed by atoms with Crippen LogP contribution in [0.25, 0.3) is 0 Å². The number of nitrogens with one attached hydrogen (secondary N) is 1. The van der Waals surface area contributed by atoms with Crippen molar-refractivity contribution in [1.29, 1.82) is 0 Å². The summed E-state index contributed by atoms with van der Waals surface area (Å²) in [5.41, 5.74) is -0.830. The number of hydrogen-bond acceptors (Lipinski definition) is 2. The first-order valence-electron chi connectivity index (χ1n) is 6.86. The van der Waals surface area contributed by atoms with Crippen LogP contribution in [0.2, 0.25) is 0 Å². The van der Waals surface area contributed by atoms with Gasteiger partial charge in [-0.1, -0.05) is 37.3 Å². The minimum Gasteiger partial charge on any atom is -0.479 e. The number of amides is 1. The van der Waals surface area contributed by atoms with Crippen LogP contribution in [-0.4, -0.2) is 17.0 Å². The van der Waals surface area contributed by atoms with Gasteiger partial charge in [0.05, 0.1) is 0 Å². The molecule has 0 aromatic heterocycles. The lowest BCUT2D eigenvalue weighted by Crippen LogP contribution is -2.51. The summed E-state index contributed by atoms with van der Waals surface area (Å²) in [6, 6.07) is 13.5. The van der Waals surface area contributed by atoms with E-state index in [0.29, 0.717) is 5.56 Å². The molecule has 1 unspecified atom stereocenters. The summed E-state index contributed by atoms with van der Waals surface area (Å²) in [7, 11) is 0. The van der Waals surface area contributed by atoms with Gasteiger partial charge in [-0.15, -0.1) is 0 Å². The largest absolute Gasteiger partial charge is 0.479 e. The van der Waals surface area contributed by atoms with Gasteiger partial charge in [0.2, 0.25) is 0 Å². The zero-order chi connectivity index (χ0) is 16.2. The molecule has 1 amide bonds. The Hall–Kier alpha value is -2.69. The number of carboxylic acid groups (broad SMARTS) is 1. The fourth-order valence-corrected chi connectivity index (χ4v) is 2.28. The number of halogens is 1. The van der Waals surface area contributed by atoms with Gasteiger partial charge in [-0.2, -0.15) is 0 Å². The van der Waals surface area contributed by atoms with Crippen molar-refractivity contribution in [3.8, 4) is 0 Å². The van der Waals surface area contributed by atoms with Crippen LogP contribution in [0, 0.1) is 5.82 Å². The Balaban J connectivity index is 2.37. The smallest absolute Gasteiger partial charge is 0.334 e. The predicted molar refractivity (Wildman–Crippen MR) is 79.9 cm³/mol. The van der Waals surface area contributed by atoms with Crippen LogP contribution in [0.3, 0.4) is 0 Å². The lowest BCUT2D eigenvalue weighted by molar-refractivity contribution is -0.145. The molecule has 0 saturated carbocycles. The molecule has 0 aliphatic heterocycles. The number of aliphatic carboxylic acids is 1. The first-order valence-corrected chi connectivity index (χ1v) is 6.86. The Bertz CT molecular complexity index is 670. The highest BCUT2D eigenvalue weighted by molar-refractivity contribution is 5.98. The second-order valence-electron chi connectivity index (χ2n) is 4.89. The van der Waals surface area contributed by atoms with E-state index in [-0.39, 0.29) is 12.0 Å². The summed E-state index contributed by atoms with van der Waals surface area (Å²) >= 11 is 0. The average molecular weight is 301 g/mol. The van der Waals surface area contributed by atoms with Crippen molar-refractivity contribution in [2.45, 2.75) is 18.9 Å². The van der Waals surface area contributed by atoms with Gasteiger partial charge in [-0.05, 0) is 36.2 Å². The summed E-state index contributed by atoms with van der Waals surface area (Å²) in [5.74, 6) is -2.16. The summed E-state index contributed by atoms with van der Waals surface area (Å²) < 4.78 is 12.9. The maximum atomic E-state index is 12.9. The molecule has 5 heteroatoms. The second kappa shape index (κ2) is 6.39. The van der Waals surface area contributed by atoms with E-state index in [0.717, 1.165) is 12.1 Å². The lowest BCUT2D eigenvalue weighted by atomic mass is 9.87. The molecule has 0 saturated heterocycles. The van der Waals surface area contributed by atoms with E-state index in [2.05, 4.69) is 5.32 Å². The standard InChI is InChI=1S/C17H16FNO3/c1-2-17(16(21)22,13-6-4-3-5-7-13)19-15(20)12-8-10-14(18)11-9-12/h3-11H,2H2,1H3,(H,19,20)(H,21,22). The molecule has 0 bridgehead atoms. The van der Waals surface area contributed by atoms with Gasteiger partial charge < -0.3 is 10.4 Å². The van der Waals surface area contributed by atoms with Gasteiger partial charge in [-0.25, -0.2) is 9.18 Å². The highest BCUT2D eigenvalue weighted by Crippen LogP contribution is 2.26. The average Bonchev–Trinajstić information content (AvgIpc) is 2.53. The van der Waals surface area contributed by atoms with Crippen LogP contribution in [0.1, 0.15) is 29.3 Å². The number of carbonyl (C=O) groups is 2. The van der Waals surface area contributed by atoms with Crippen LogP contribution in [0.5, 0.6) is 0 Å². The molecule has 0 spiro atoms. The zero-order valence-electron chi connectivity index (χ0n) is 12.0. The highest BCUT2D eigenvalue weighted by Gasteiger charge is 2.40. The minimum atomic E-state index is -1.52. The van der Waals surface area contributed by atoms with E-state index in [1.165, 1.54) is 12.1 Å². The van der Waals surface area contributed by atoms with E-state index < -0.39 is 23.2 Å². The van der Waals surface area contributed by atoms with Crippen LogP contribution < -0.4 is 5.32 Å². The number of carboxylic acids is 1. The van der Waals surface area contributed by atoms with Gasteiger partial charge in [-0.3, -0.25) is 4.79 Å². The quantitative estimate of drug-likeness (QED) is 0.892. The maximum absolute atomic E-state index is 12.9. The molecule has 2 N–H and O–H groups in total. The van der Waals surface area contributed by atoms with Crippen molar-refractivity contribution in [2.75, 3.05) is 0 Å². The molecule has 2 rings (SSSR count). The number of hydrogen-bond donors (Lipinski definition) is 2. The second-order valence-corrected chi connectivity index (χ2v) is 4.89. The van der Waals surface area contributed by atoms with Crippen LogP contribution in [0.4, 0.5) is 4.39 Å². The molecule has 0 aliphatic rings. The maximum Gasteiger partial charge on any atom is 0.334 e. The molecule has 0 radical (unpaired) electrons. The zero-order valence-corrected chi connectivity index (χ0v) is 12.0. The molecule has 4 nitrogen and oxygen atoms in total. The monoisotopic (exact) mass is 301 g/mol. The molecule has 0 aliphatic carbocycles. The fraction of sp³-hybridized carbons (Fsp3) is 0.176. The minimum absolute atomic E-state index is 0.180. The topological polar surface area (TPSA) is 66.4 Å². The van der Waals surface area contributed by atoms with E-state index in [1.807, 2.05) is 0 Å². The molecule has 2 aromatic carbocycles. The summed E-state index contributed by atoms with van der Waals surface area (Å²) in [4.78, 5) is 24.1. The SMILES string of the molecule is CCC(NC(=O)c1ccc(F)cc1)(C(=O)O)c1ccccc1. The number of carbonyl (C=O) groups excluding carboxylic acids is 1. The normalized spacial score (nSPS) is 13.2. The Kier molecular flexibility index (Phi) is 4.56. The van der Waals surface area contributed by atoms with E-state index in [9.17, 15) is 19.1 Å². The Morgan fingerprint density at radius 2 is 1.68 bits per heavy atom. The van der Waals surface area contributed by atoms with Gasteiger partial charge in [0.1, 0.15) is 5.82 Å². The van der Waals surface area contributed by atoms with Crippen LogP contribution in [-0.2, 0) is 10.3 Å². The van der Waals surface area contributed by atoms with Crippen molar-refractivity contribution >= 4 is 11.9 Å². The van der Waals surface area contributed by atoms with Crippen molar-refractivity contribution in [2.24, 2.45) is 0 Å². The van der Waals surface area contributed by atoms with Gasteiger partial charge in [0, 0.05) is 5.56 Å². The molecule has 22 heavy (non-hydrogen) atoms. The van der Waals surface area contributed by atoms with Gasteiger partial charge in [0.25, 0.3) is 5.91 Å². The lowest BCUT2D eigenvalue weighted by Gasteiger charge is -2.30. The van der Waals surface area contributed by atoms with Crippen molar-refractivity contribution < 1.29 is 19.1 Å². The van der Waals surface area contributed by atoms with Crippen molar-refractivity contribution in [3.05, 3.63) is 71.5 Å². The summed E-state index contributed by atoms with van der Waals surface area (Å²) in [6.07, 6.45) is 0.180. The summed E-state index contributed by atoms with van der Waals surface area (Å²) in [6.45, 7) is 1.69. The molecule has 0 heterocycles. The molecular weight excluding hydrogens is 285 g/mol. The third-order valence-corrected chi connectivity index (χ3v) is 3.60. The van der Waals surface area contributed by atoms with E-state index in [4.69, 9.17) is 0 Å². The van der Waals surface area contributed by atoms with E-state index in [1.54, 1.807) is 37.3 Å². The van der Waals surface area contributed by atoms with E-state index >= 15 is 0 Å². The van der Waals surface area contributed by atoms with Crippen molar-refractivity contribution in [3.63, 3.8) is 0 Å². The predicted octanol–water partition coefficient (Wildman–Crippen LogP) is 2.95. The third-order valence-electron chi connectivity index (χ3n) is 3.60. The molecule has 2 aromatic rings. The van der Waals surface area contributed by atoms with Gasteiger partial charge >= 0.3 is 5.97 Å². The van der Waals surface area contributed by atoms with Crippen LogP contribution >= 0.6 is 0 Å². The van der Waals surface area contributed by atoms with Crippen molar-refractivity contribution in [1.82, 2.24) is 5.32 Å². The first kappa shape index (κ1) is 15.7. The highest BCUT2D eigenvalue weighted by atomic mass is 19.1. The molecule has 0 fully saturated rings. The number of rotatable bonds is 5. The van der Waals surface area contributed by atoms with Gasteiger partial charge in [0.15, 0.2) is 5.54 Å². The molecular formula is C17H16FNO3. The molecule has 114 valence electrons. The fourth-order valence-electron chi connectivity index (χ4n) is 2.28. The Morgan fingerprint density at radius 1 is 1.09 bits per heavy atom. The van der Waals surface area contributed by atoms with Crippen LogP contribution in [0.15, 0.2) is 54.6 Å². The summed E-state index contributed by atoms with van der Waals surface area (Å²) in [5, 5.41) is 12.2. The Labute approximate surface area is 127 Å². The Morgan fingerprint density at radius 3 is 2.18 bits per heavy atom.